The highest BCUT2D eigenvalue weighted by molar-refractivity contribution is 6.04. The quantitative estimate of drug-likeness (QED) is 0.707. The van der Waals surface area contributed by atoms with Gasteiger partial charge in [0.05, 0.1) is 24.9 Å². The first-order chi connectivity index (χ1) is 10.1. The molecule has 0 spiro atoms. The van der Waals surface area contributed by atoms with Crippen LogP contribution in [0, 0.1) is 5.92 Å². The standard InChI is InChI=1S/C15H21N3O3.ClH/c1-16-15(20)12-7-11(21-2)5-6-13(12)18-14(19)9-17-8-10-3-4-10;/h5-7,10,17H,3-4,8-9H2,1-2H3,(H,16,20)(H,18,19);1H. The SMILES string of the molecule is CNC(=O)c1cc(OC)ccc1NC(=O)CNCC1CC1.Cl. The van der Waals surface area contributed by atoms with Crippen molar-refractivity contribution in [1.29, 1.82) is 0 Å². The molecule has 0 radical (unpaired) electrons. The van der Waals surface area contributed by atoms with E-state index in [0.717, 1.165) is 12.5 Å². The number of halogens is 1. The highest BCUT2D eigenvalue weighted by atomic mass is 35.5. The van der Waals surface area contributed by atoms with E-state index in [0.29, 0.717) is 17.0 Å². The summed E-state index contributed by atoms with van der Waals surface area (Å²) in [4.78, 5) is 23.8. The zero-order chi connectivity index (χ0) is 15.2. The lowest BCUT2D eigenvalue weighted by atomic mass is 10.1. The molecule has 0 atom stereocenters. The summed E-state index contributed by atoms with van der Waals surface area (Å²) in [5.74, 6) is 0.861. The van der Waals surface area contributed by atoms with Gasteiger partial charge in [-0.15, -0.1) is 12.4 Å². The molecule has 0 aliphatic heterocycles. The molecule has 1 aromatic carbocycles. The molecule has 1 aliphatic rings. The Morgan fingerprint density at radius 1 is 1.32 bits per heavy atom. The number of carbonyl (C=O) groups excluding carboxylic acids is 2. The molecule has 22 heavy (non-hydrogen) atoms. The molecule has 3 N–H and O–H groups in total. The van der Waals surface area contributed by atoms with Crippen LogP contribution < -0.4 is 20.7 Å². The lowest BCUT2D eigenvalue weighted by Gasteiger charge is -2.12. The van der Waals surface area contributed by atoms with Gasteiger partial charge in [-0.2, -0.15) is 0 Å². The van der Waals surface area contributed by atoms with Gasteiger partial charge in [0.15, 0.2) is 0 Å². The van der Waals surface area contributed by atoms with Crippen molar-refractivity contribution in [3.8, 4) is 5.75 Å². The van der Waals surface area contributed by atoms with Crippen molar-refractivity contribution in [1.82, 2.24) is 10.6 Å². The molecule has 0 unspecified atom stereocenters. The number of ether oxygens (including phenoxy) is 1. The number of nitrogens with one attached hydrogen (secondary N) is 3. The van der Waals surface area contributed by atoms with Gasteiger partial charge in [-0.1, -0.05) is 0 Å². The van der Waals surface area contributed by atoms with Gasteiger partial charge in [-0.05, 0) is 43.5 Å². The average molecular weight is 328 g/mol. The Morgan fingerprint density at radius 2 is 2.05 bits per heavy atom. The maximum atomic E-state index is 11.9. The Morgan fingerprint density at radius 3 is 2.64 bits per heavy atom. The van der Waals surface area contributed by atoms with E-state index < -0.39 is 0 Å². The number of anilines is 1. The second kappa shape index (κ2) is 8.60. The predicted octanol–water partition coefficient (Wildman–Crippen LogP) is 1.41. The van der Waals surface area contributed by atoms with Gasteiger partial charge in [-0.3, -0.25) is 9.59 Å². The summed E-state index contributed by atoms with van der Waals surface area (Å²) in [6.07, 6.45) is 2.49. The van der Waals surface area contributed by atoms with E-state index in [2.05, 4.69) is 16.0 Å². The first kappa shape index (κ1) is 18.3. The minimum atomic E-state index is -0.268. The monoisotopic (exact) mass is 327 g/mol. The molecule has 0 saturated heterocycles. The van der Waals surface area contributed by atoms with Crippen LogP contribution in [-0.2, 0) is 4.79 Å². The van der Waals surface area contributed by atoms with Crippen LogP contribution >= 0.6 is 12.4 Å². The zero-order valence-electron chi connectivity index (χ0n) is 12.8. The Labute approximate surface area is 136 Å². The third-order valence-electron chi connectivity index (χ3n) is 3.39. The minimum Gasteiger partial charge on any atom is -0.497 e. The van der Waals surface area contributed by atoms with Gasteiger partial charge in [-0.25, -0.2) is 0 Å². The zero-order valence-corrected chi connectivity index (χ0v) is 13.6. The highest BCUT2D eigenvalue weighted by Crippen LogP contribution is 2.27. The summed E-state index contributed by atoms with van der Waals surface area (Å²) in [6, 6.07) is 4.98. The maximum Gasteiger partial charge on any atom is 0.253 e. The van der Waals surface area contributed by atoms with Crippen LogP contribution in [0.25, 0.3) is 0 Å². The fraction of sp³-hybridized carbons (Fsp3) is 0.467. The van der Waals surface area contributed by atoms with Crippen LogP contribution in [0.2, 0.25) is 0 Å². The van der Waals surface area contributed by atoms with Crippen molar-refractivity contribution in [3.05, 3.63) is 23.8 Å². The Bertz CT molecular complexity index is 533. The van der Waals surface area contributed by atoms with Gasteiger partial charge < -0.3 is 20.7 Å². The van der Waals surface area contributed by atoms with Crippen molar-refractivity contribution >= 4 is 29.9 Å². The Balaban J connectivity index is 0.00000242. The summed E-state index contributed by atoms with van der Waals surface area (Å²) in [7, 11) is 3.08. The summed E-state index contributed by atoms with van der Waals surface area (Å²) in [6.45, 7) is 1.12. The van der Waals surface area contributed by atoms with Gasteiger partial charge in [0.2, 0.25) is 5.91 Å². The first-order valence-corrected chi connectivity index (χ1v) is 7.04. The van der Waals surface area contributed by atoms with Gasteiger partial charge >= 0.3 is 0 Å². The van der Waals surface area contributed by atoms with Crippen molar-refractivity contribution in [2.75, 3.05) is 32.6 Å². The number of amides is 2. The largest absolute Gasteiger partial charge is 0.497 e. The van der Waals surface area contributed by atoms with Crippen LogP contribution in [0.4, 0.5) is 5.69 Å². The van der Waals surface area contributed by atoms with Gasteiger partial charge in [0.25, 0.3) is 5.91 Å². The van der Waals surface area contributed by atoms with E-state index in [9.17, 15) is 9.59 Å². The van der Waals surface area contributed by atoms with E-state index in [1.165, 1.54) is 20.0 Å². The Kier molecular flexibility index (Phi) is 7.14. The van der Waals surface area contributed by atoms with Crippen LogP contribution in [0.15, 0.2) is 18.2 Å². The molecule has 0 aromatic heterocycles. The van der Waals surface area contributed by atoms with Crippen molar-refractivity contribution in [2.24, 2.45) is 5.92 Å². The van der Waals surface area contributed by atoms with Gasteiger partial charge in [0.1, 0.15) is 5.75 Å². The summed E-state index contributed by atoms with van der Waals surface area (Å²) in [5.41, 5.74) is 0.862. The number of hydrogen-bond donors (Lipinski definition) is 3. The molecular formula is C15H22ClN3O3. The summed E-state index contributed by atoms with van der Waals surface area (Å²) >= 11 is 0. The van der Waals surface area contributed by atoms with Gasteiger partial charge in [0, 0.05) is 7.05 Å². The molecule has 2 amide bonds. The Hall–Kier alpha value is -1.79. The third kappa shape index (κ3) is 5.20. The lowest BCUT2D eigenvalue weighted by Crippen LogP contribution is -2.30. The molecule has 1 aliphatic carbocycles. The van der Waals surface area contributed by atoms with Crippen LogP contribution in [0.1, 0.15) is 23.2 Å². The molecule has 7 heteroatoms. The topological polar surface area (TPSA) is 79.5 Å². The molecule has 122 valence electrons. The van der Waals surface area contributed by atoms with Crippen molar-refractivity contribution in [3.63, 3.8) is 0 Å². The number of rotatable bonds is 7. The smallest absolute Gasteiger partial charge is 0.253 e. The predicted molar refractivity (Wildman–Crippen MR) is 87.9 cm³/mol. The number of carbonyl (C=O) groups is 2. The summed E-state index contributed by atoms with van der Waals surface area (Å²) in [5, 5.41) is 8.42. The maximum absolute atomic E-state index is 11.9. The van der Waals surface area contributed by atoms with Crippen molar-refractivity contribution in [2.45, 2.75) is 12.8 Å². The lowest BCUT2D eigenvalue weighted by molar-refractivity contribution is -0.115. The second-order valence-corrected chi connectivity index (χ2v) is 5.11. The second-order valence-electron chi connectivity index (χ2n) is 5.11. The average Bonchev–Trinajstić information content (AvgIpc) is 3.31. The number of benzene rings is 1. The fourth-order valence-electron chi connectivity index (χ4n) is 1.99. The number of hydrogen-bond acceptors (Lipinski definition) is 4. The summed E-state index contributed by atoms with van der Waals surface area (Å²) < 4.78 is 5.10. The van der Waals surface area contributed by atoms with E-state index in [1.54, 1.807) is 25.2 Å². The van der Waals surface area contributed by atoms with Crippen LogP contribution in [0.5, 0.6) is 5.75 Å². The van der Waals surface area contributed by atoms with E-state index >= 15 is 0 Å². The molecule has 6 nitrogen and oxygen atoms in total. The number of methoxy groups -OCH3 is 1. The molecular weight excluding hydrogens is 306 g/mol. The molecule has 0 heterocycles. The first-order valence-electron chi connectivity index (χ1n) is 7.04. The van der Waals surface area contributed by atoms with Crippen molar-refractivity contribution < 1.29 is 14.3 Å². The molecule has 1 fully saturated rings. The highest BCUT2D eigenvalue weighted by Gasteiger charge is 2.20. The van der Waals surface area contributed by atoms with E-state index in [4.69, 9.17) is 4.74 Å². The normalized spacial score (nSPS) is 13.0. The van der Waals surface area contributed by atoms with Crippen LogP contribution in [-0.4, -0.2) is 39.1 Å². The molecule has 1 aromatic rings. The third-order valence-corrected chi connectivity index (χ3v) is 3.39. The molecule has 1 saturated carbocycles. The van der Waals surface area contributed by atoms with E-state index in [1.807, 2.05) is 0 Å². The molecule has 0 bridgehead atoms. The fourth-order valence-corrected chi connectivity index (χ4v) is 1.99. The molecule has 2 rings (SSSR count). The van der Waals surface area contributed by atoms with Crippen LogP contribution in [0.3, 0.4) is 0 Å². The van der Waals surface area contributed by atoms with E-state index in [-0.39, 0.29) is 30.8 Å². The minimum absolute atomic E-state index is 0.